The highest BCUT2D eigenvalue weighted by atomic mass is 16.4. The summed E-state index contributed by atoms with van der Waals surface area (Å²) in [5, 5.41) is 20.1. The molecule has 18 heavy (non-hydrogen) atoms. The first kappa shape index (κ1) is 14.2. The van der Waals surface area contributed by atoms with E-state index in [2.05, 4.69) is 5.32 Å². The van der Waals surface area contributed by atoms with Crippen molar-refractivity contribution in [3.8, 4) is 0 Å². The average Bonchev–Trinajstić information content (AvgIpc) is 2.36. The van der Waals surface area contributed by atoms with Gasteiger partial charge in [-0.15, -0.1) is 0 Å². The average molecular weight is 251 g/mol. The SMILES string of the molecule is CC(CCC(=O)O)NC(=O)c1ccc(CO)cc1. The van der Waals surface area contributed by atoms with Crippen molar-refractivity contribution in [2.24, 2.45) is 0 Å². The molecule has 0 aliphatic rings. The first-order valence-electron chi connectivity index (χ1n) is 5.75. The molecule has 1 unspecified atom stereocenters. The molecule has 1 amide bonds. The lowest BCUT2D eigenvalue weighted by Gasteiger charge is -2.12. The van der Waals surface area contributed by atoms with Crippen LogP contribution in [0.3, 0.4) is 0 Å². The number of carboxylic acids is 1. The molecule has 0 aliphatic heterocycles. The van der Waals surface area contributed by atoms with Crippen molar-refractivity contribution in [2.45, 2.75) is 32.4 Å². The number of aliphatic hydroxyl groups is 1. The molecule has 5 nitrogen and oxygen atoms in total. The number of aliphatic hydroxyl groups excluding tert-OH is 1. The summed E-state index contributed by atoms with van der Waals surface area (Å²) in [5.74, 6) is -1.11. The molecule has 0 saturated carbocycles. The zero-order chi connectivity index (χ0) is 13.5. The minimum Gasteiger partial charge on any atom is -0.481 e. The fourth-order valence-electron chi connectivity index (χ4n) is 1.48. The van der Waals surface area contributed by atoms with E-state index in [-0.39, 0.29) is 25.0 Å². The lowest BCUT2D eigenvalue weighted by atomic mass is 10.1. The molecular weight excluding hydrogens is 234 g/mol. The number of carbonyl (C=O) groups excluding carboxylic acids is 1. The zero-order valence-electron chi connectivity index (χ0n) is 10.2. The molecule has 0 spiro atoms. The third kappa shape index (κ3) is 4.55. The van der Waals surface area contributed by atoms with Gasteiger partial charge in [-0.3, -0.25) is 9.59 Å². The fraction of sp³-hybridized carbons (Fsp3) is 0.385. The van der Waals surface area contributed by atoms with Crippen LogP contribution in [0.4, 0.5) is 0 Å². The zero-order valence-corrected chi connectivity index (χ0v) is 10.2. The largest absolute Gasteiger partial charge is 0.481 e. The van der Waals surface area contributed by atoms with E-state index in [1.54, 1.807) is 31.2 Å². The van der Waals surface area contributed by atoms with Crippen LogP contribution in [0.5, 0.6) is 0 Å². The molecule has 1 atom stereocenters. The van der Waals surface area contributed by atoms with E-state index in [0.717, 1.165) is 5.56 Å². The molecule has 1 rings (SSSR count). The quantitative estimate of drug-likeness (QED) is 0.708. The summed E-state index contributed by atoms with van der Waals surface area (Å²) in [7, 11) is 0. The summed E-state index contributed by atoms with van der Waals surface area (Å²) in [6.07, 6.45) is 0.431. The van der Waals surface area contributed by atoms with Crippen molar-refractivity contribution >= 4 is 11.9 Å². The number of nitrogens with one attached hydrogen (secondary N) is 1. The second-order valence-electron chi connectivity index (χ2n) is 4.16. The molecule has 0 aliphatic carbocycles. The Bertz CT molecular complexity index is 414. The monoisotopic (exact) mass is 251 g/mol. The molecular formula is C13H17NO4. The van der Waals surface area contributed by atoms with E-state index in [1.165, 1.54) is 0 Å². The standard InChI is InChI=1S/C13H17NO4/c1-9(2-7-12(16)17)14-13(18)11-5-3-10(8-15)4-6-11/h3-6,9,15H,2,7-8H2,1H3,(H,14,18)(H,16,17). The molecule has 0 bridgehead atoms. The summed E-state index contributed by atoms with van der Waals surface area (Å²) in [5.41, 5.74) is 1.24. The maximum Gasteiger partial charge on any atom is 0.303 e. The normalized spacial score (nSPS) is 11.9. The molecule has 1 aromatic rings. The Balaban J connectivity index is 2.50. The Morgan fingerprint density at radius 1 is 1.28 bits per heavy atom. The van der Waals surface area contributed by atoms with E-state index in [4.69, 9.17) is 10.2 Å². The number of hydrogen-bond donors (Lipinski definition) is 3. The summed E-state index contributed by atoms with van der Waals surface area (Å²) in [6.45, 7) is 1.71. The number of benzene rings is 1. The van der Waals surface area contributed by atoms with Crippen LogP contribution in [-0.2, 0) is 11.4 Å². The number of rotatable bonds is 6. The van der Waals surface area contributed by atoms with Gasteiger partial charge in [0, 0.05) is 18.0 Å². The predicted octanol–water partition coefficient (Wildman–Crippen LogP) is 1.16. The van der Waals surface area contributed by atoms with Crippen LogP contribution in [0.15, 0.2) is 24.3 Å². The highest BCUT2D eigenvalue weighted by molar-refractivity contribution is 5.94. The Hall–Kier alpha value is -1.88. The molecule has 1 aromatic carbocycles. The van der Waals surface area contributed by atoms with Gasteiger partial charge in [0.15, 0.2) is 0 Å². The highest BCUT2D eigenvalue weighted by Gasteiger charge is 2.10. The van der Waals surface area contributed by atoms with Crippen molar-refractivity contribution in [3.63, 3.8) is 0 Å². The maximum atomic E-state index is 11.8. The van der Waals surface area contributed by atoms with Crippen molar-refractivity contribution in [3.05, 3.63) is 35.4 Å². The van der Waals surface area contributed by atoms with Gasteiger partial charge in [-0.1, -0.05) is 12.1 Å². The summed E-state index contributed by atoms with van der Waals surface area (Å²) >= 11 is 0. The third-order valence-corrected chi connectivity index (χ3v) is 2.57. The fourth-order valence-corrected chi connectivity index (χ4v) is 1.48. The minimum atomic E-state index is -0.872. The van der Waals surface area contributed by atoms with Gasteiger partial charge in [0.2, 0.25) is 0 Å². The van der Waals surface area contributed by atoms with Crippen molar-refractivity contribution in [1.29, 1.82) is 0 Å². The number of carbonyl (C=O) groups is 2. The van der Waals surface area contributed by atoms with Crippen LogP contribution >= 0.6 is 0 Å². The molecule has 0 radical (unpaired) electrons. The minimum absolute atomic E-state index is 0.0326. The molecule has 0 heterocycles. The first-order valence-corrected chi connectivity index (χ1v) is 5.75. The first-order chi connectivity index (χ1) is 8.52. The van der Waals surface area contributed by atoms with Crippen LogP contribution < -0.4 is 5.32 Å². The Labute approximate surface area is 105 Å². The molecule has 98 valence electrons. The second-order valence-corrected chi connectivity index (χ2v) is 4.16. The highest BCUT2D eigenvalue weighted by Crippen LogP contribution is 2.05. The number of hydrogen-bond acceptors (Lipinski definition) is 3. The van der Waals surface area contributed by atoms with E-state index < -0.39 is 5.97 Å². The predicted molar refractivity (Wildman–Crippen MR) is 66.2 cm³/mol. The van der Waals surface area contributed by atoms with Gasteiger partial charge in [-0.05, 0) is 31.0 Å². The van der Waals surface area contributed by atoms with Gasteiger partial charge in [0.25, 0.3) is 5.91 Å². The van der Waals surface area contributed by atoms with E-state index >= 15 is 0 Å². The lowest BCUT2D eigenvalue weighted by Crippen LogP contribution is -2.32. The van der Waals surface area contributed by atoms with Crippen molar-refractivity contribution < 1.29 is 19.8 Å². The number of aliphatic carboxylic acids is 1. The summed E-state index contributed by atoms with van der Waals surface area (Å²) < 4.78 is 0. The maximum absolute atomic E-state index is 11.8. The van der Waals surface area contributed by atoms with Crippen molar-refractivity contribution in [1.82, 2.24) is 5.32 Å². The van der Waals surface area contributed by atoms with Gasteiger partial charge in [-0.25, -0.2) is 0 Å². The summed E-state index contributed by atoms with van der Waals surface area (Å²) in [4.78, 5) is 22.2. The van der Waals surface area contributed by atoms with Gasteiger partial charge in [0.05, 0.1) is 6.61 Å². The molecule has 0 fully saturated rings. The smallest absolute Gasteiger partial charge is 0.303 e. The molecule has 0 saturated heterocycles. The van der Waals surface area contributed by atoms with Crippen LogP contribution in [0.2, 0.25) is 0 Å². The van der Waals surface area contributed by atoms with Crippen LogP contribution in [0.1, 0.15) is 35.7 Å². The lowest BCUT2D eigenvalue weighted by molar-refractivity contribution is -0.137. The Morgan fingerprint density at radius 2 is 1.89 bits per heavy atom. The second kappa shape index (κ2) is 6.76. The van der Waals surface area contributed by atoms with Gasteiger partial charge >= 0.3 is 5.97 Å². The molecule has 0 aromatic heterocycles. The molecule has 3 N–H and O–H groups in total. The van der Waals surface area contributed by atoms with Crippen LogP contribution in [0.25, 0.3) is 0 Å². The molecule has 5 heteroatoms. The van der Waals surface area contributed by atoms with Gasteiger partial charge in [-0.2, -0.15) is 0 Å². The summed E-state index contributed by atoms with van der Waals surface area (Å²) in [6, 6.07) is 6.43. The third-order valence-electron chi connectivity index (χ3n) is 2.57. The van der Waals surface area contributed by atoms with Gasteiger partial charge in [0.1, 0.15) is 0 Å². The van der Waals surface area contributed by atoms with E-state index in [9.17, 15) is 9.59 Å². The van der Waals surface area contributed by atoms with Crippen LogP contribution in [0, 0.1) is 0 Å². The Kier molecular flexibility index (Phi) is 5.32. The van der Waals surface area contributed by atoms with Crippen molar-refractivity contribution in [2.75, 3.05) is 0 Å². The number of amides is 1. The Morgan fingerprint density at radius 3 is 2.39 bits per heavy atom. The van der Waals surface area contributed by atoms with E-state index in [1.807, 2.05) is 0 Å². The number of carboxylic acid groups (broad SMARTS) is 1. The van der Waals surface area contributed by atoms with Gasteiger partial charge < -0.3 is 15.5 Å². The van der Waals surface area contributed by atoms with Crippen LogP contribution in [-0.4, -0.2) is 28.1 Å². The van der Waals surface area contributed by atoms with E-state index in [0.29, 0.717) is 12.0 Å². The topological polar surface area (TPSA) is 86.6 Å².